The monoisotopic (exact) mass is 294 g/mol. The fraction of sp³-hybridized carbons (Fsp3) is 0.625. The van der Waals surface area contributed by atoms with Gasteiger partial charge in [0.2, 0.25) is 0 Å². The van der Waals surface area contributed by atoms with Crippen molar-refractivity contribution in [1.29, 1.82) is 0 Å². The maximum Gasteiger partial charge on any atom is 0.142 e. The first-order valence-corrected chi connectivity index (χ1v) is 7.62. The molecule has 0 aromatic heterocycles. The summed E-state index contributed by atoms with van der Waals surface area (Å²) in [7, 11) is 1.99. The molecule has 1 aliphatic rings. The van der Waals surface area contributed by atoms with E-state index >= 15 is 0 Å². The fourth-order valence-electron chi connectivity index (χ4n) is 2.60. The molecule has 0 bridgehead atoms. The van der Waals surface area contributed by atoms with E-state index in [1.165, 1.54) is 0 Å². The first-order valence-electron chi connectivity index (χ1n) is 7.62. The molecule has 1 fully saturated rings. The average Bonchev–Trinajstić information content (AvgIpc) is 2.49. The van der Waals surface area contributed by atoms with Crippen LogP contribution >= 0.6 is 0 Å². The first-order chi connectivity index (χ1) is 10.2. The van der Waals surface area contributed by atoms with Crippen LogP contribution in [-0.2, 0) is 4.74 Å². The van der Waals surface area contributed by atoms with E-state index in [0.29, 0.717) is 19.7 Å². The van der Waals surface area contributed by atoms with Crippen LogP contribution in [0.2, 0.25) is 0 Å². The molecule has 5 heteroatoms. The van der Waals surface area contributed by atoms with Gasteiger partial charge in [-0.05, 0) is 19.1 Å². The summed E-state index contributed by atoms with van der Waals surface area (Å²) in [6.07, 6.45) is -0.386. The largest absolute Gasteiger partial charge is 0.492 e. The van der Waals surface area contributed by atoms with Crippen LogP contribution in [0.4, 0.5) is 5.69 Å². The van der Waals surface area contributed by atoms with Crippen LogP contribution in [0.25, 0.3) is 0 Å². The van der Waals surface area contributed by atoms with Crippen molar-refractivity contribution in [3.05, 3.63) is 24.3 Å². The van der Waals surface area contributed by atoms with Gasteiger partial charge >= 0.3 is 0 Å². The van der Waals surface area contributed by atoms with E-state index in [-0.39, 0.29) is 6.10 Å². The van der Waals surface area contributed by atoms with Gasteiger partial charge in [0.15, 0.2) is 0 Å². The lowest BCUT2D eigenvalue weighted by molar-refractivity contribution is 0.0162. The number of rotatable bonds is 7. The minimum Gasteiger partial charge on any atom is -0.492 e. The van der Waals surface area contributed by atoms with E-state index in [2.05, 4.69) is 9.80 Å². The Kier molecular flexibility index (Phi) is 6.29. The number of benzene rings is 1. The summed E-state index contributed by atoms with van der Waals surface area (Å²) in [4.78, 5) is 4.30. The Hall–Kier alpha value is -1.30. The summed E-state index contributed by atoms with van der Waals surface area (Å²) in [6, 6.07) is 7.94. The van der Waals surface area contributed by atoms with Gasteiger partial charge in [-0.25, -0.2) is 0 Å². The minimum absolute atomic E-state index is 0.386. The van der Waals surface area contributed by atoms with E-state index < -0.39 is 0 Å². The average molecular weight is 294 g/mol. The number of aliphatic hydroxyl groups excluding tert-OH is 1. The number of aliphatic hydroxyl groups is 1. The summed E-state index contributed by atoms with van der Waals surface area (Å²) >= 11 is 0. The Morgan fingerprint density at radius 2 is 2.05 bits per heavy atom. The highest BCUT2D eigenvalue weighted by atomic mass is 16.5. The molecule has 2 rings (SSSR count). The van der Waals surface area contributed by atoms with Gasteiger partial charge < -0.3 is 19.5 Å². The zero-order chi connectivity index (χ0) is 15.1. The molecule has 1 aromatic carbocycles. The Morgan fingerprint density at radius 1 is 1.33 bits per heavy atom. The molecule has 1 aliphatic heterocycles. The second-order valence-corrected chi connectivity index (χ2v) is 5.35. The summed E-state index contributed by atoms with van der Waals surface area (Å²) in [5.41, 5.74) is 1.01. The van der Waals surface area contributed by atoms with Crippen molar-refractivity contribution in [3.63, 3.8) is 0 Å². The number of para-hydroxylation sites is 2. The lowest BCUT2D eigenvalue weighted by atomic mass is 10.2. The van der Waals surface area contributed by atoms with Gasteiger partial charge in [-0.15, -0.1) is 0 Å². The Labute approximate surface area is 127 Å². The Bertz CT molecular complexity index is 422. The van der Waals surface area contributed by atoms with Crippen LogP contribution in [0, 0.1) is 0 Å². The molecule has 1 heterocycles. The Balaban J connectivity index is 1.89. The molecule has 0 spiro atoms. The molecule has 1 unspecified atom stereocenters. The van der Waals surface area contributed by atoms with Crippen LogP contribution in [0.1, 0.15) is 6.92 Å². The van der Waals surface area contributed by atoms with Crippen molar-refractivity contribution < 1.29 is 14.6 Å². The summed E-state index contributed by atoms with van der Waals surface area (Å²) in [5.74, 6) is 0.862. The maximum atomic E-state index is 10.3. The number of nitrogens with zero attached hydrogens (tertiary/aromatic N) is 2. The minimum atomic E-state index is -0.386. The number of ether oxygens (including phenoxy) is 2. The normalized spacial score (nSPS) is 17.5. The first kappa shape index (κ1) is 16.1. The standard InChI is InChI=1S/C16H26N2O3/c1-3-21-16-7-5-4-6-15(16)17(2)12-14(19)13-18-8-10-20-11-9-18/h4-7,14,19H,3,8-13H2,1-2H3. The van der Waals surface area contributed by atoms with Gasteiger partial charge in [-0.1, -0.05) is 12.1 Å². The fourth-order valence-corrected chi connectivity index (χ4v) is 2.60. The SMILES string of the molecule is CCOc1ccccc1N(C)CC(O)CN1CCOCC1. The highest BCUT2D eigenvalue weighted by molar-refractivity contribution is 5.57. The summed E-state index contributed by atoms with van der Waals surface area (Å²) in [6.45, 7) is 7.20. The van der Waals surface area contributed by atoms with Crippen LogP contribution in [0.3, 0.4) is 0 Å². The van der Waals surface area contributed by atoms with Gasteiger partial charge in [0.25, 0.3) is 0 Å². The molecular formula is C16H26N2O3. The molecule has 0 radical (unpaired) electrons. The van der Waals surface area contributed by atoms with Gasteiger partial charge in [0.05, 0.1) is 31.6 Å². The second kappa shape index (κ2) is 8.22. The number of likely N-dealkylation sites (N-methyl/N-ethyl adjacent to an activating group) is 1. The number of β-amino-alcohol motifs (C(OH)–C–C–N with tert-alkyl or cyclic N) is 1. The van der Waals surface area contributed by atoms with Crippen molar-refractivity contribution >= 4 is 5.69 Å². The Morgan fingerprint density at radius 3 is 2.76 bits per heavy atom. The van der Waals surface area contributed by atoms with Gasteiger partial charge in [-0.3, -0.25) is 4.90 Å². The molecule has 1 atom stereocenters. The van der Waals surface area contributed by atoms with Gasteiger partial charge in [0.1, 0.15) is 5.75 Å². The van der Waals surface area contributed by atoms with Crippen molar-refractivity contribution in [2.45, 2.75) is 13.0 Å². The summed E-state index contributed by atoms with van der Waals surface area (Å²) in [5, 5.41) is 10.3. The molecule has 1 saturated heterocycles. The van der Waals surface area contributed by atoms with Crippen molar-refractivity contribution in [2.75, 3.05) is 57.9 Å². The topological polar surface area (TPSA) is 45.2 Å². The van der Waals surface area contributed by atoms with Crippen molar-refractivity contribution in [3.8, 4) is 5.75 Å². The van der Waals surface area contributed by atoms with Crippen molar-refractivity contribution in [2.24, 2.45) is 0 Å². The third kappa shape index (κ3) is 4.88. The van der Waals surface area contributed by atoms with Gasteiger partial charge in [-0.2, -0.15) is 0 Å². The number of morpholine rings is 1. The highest BCUT2D eigenvalue weighted by Gasteiger charge is 2.17. The molecule has 0 aliphatic carbocycles. The highest BCUT2D eigenvalue weighted by Crippen LogP contribution is 2.27. The zero-order valence-electron chi connectivity index (χ0n) is 13.0. The molecule has 0 amide bonds. The molecule has 1 N–H and O–H groups in total. The number of hydrogen-bond donors (Lipinski definition) is 1. The van der Waals surface area contributed by atoms with Crippen LogP contribution in [-0.4, -0.2) is 69.2 Å². The molecule has 5 nitrogen and oxygen atoms in total. The van der Waals surface area contributed by atoms with E-state index in [0.717, 1.165) is 37.7 Å². The molecular weight excluding hydrogens is 268 g/mol. The van der Waals surface area contributed by atoms with Crippen molar-refractivity contribution in [1.82, 2.24) is 4.90 Å². The quantitative estimate of drug-likeness (QED) is 0.819. The molecule has 118 valence electrons. The third-order valence-electron chi connectivity index (χ3n) is 3.63. The number of hydrogen-bond acceptors (Lipinski definition) is 5. The summed E-state index contributed by atoms with van der Waals surface area (Å²) < 4.78 is 11.0. The lowest BCUT2D eigenvalue weighted by Gasteiger charge is -2.31. The molecule has 1 aromatic rings. The number of anilines is 1. The van der Waals surface area contributed by atoms with E-state index in [4.69, 9.17) is 9.47 Å². The molecule has 0 saturated carbocycles. The zero-order valence-corrected chi connectivity index (χ0v) is 13.0. The maximum absolute atomic E-state index is 10.3. The predicted molar refractivity (Wildman–Crippen MR) is 84.1 cm³/mol. The van der Waals surface area contributed by atoms with Crippen LogP contribution in [0.5, 0.6) is 5.75 Å². The van der Waals surface area contributed by atoms with Gasteiger partial charge in [0, 0.05) is 33.2 Å². The predicted octanol–water partition coefficient (Wildman–Crippen LogP) is 1.21. The van der Waals surface area contributed by atoms with E-state index in [1.54, 1.807) is 0 Å². The van der Waals surface area contributed by atoms with E-state index in [1.807, 2.05) is 38.2 Å². The van der Waals surface area contributed by atoms with Crippen LogP contribution in [0.15, 0.2) is 24.3 Å². The van der Waals surface area contributed by atoms with Crippen LogP contribution < -0.4 is 9.64 Å². The second-order valence-electron chi connectivity index (χ2n) is 5.35. The smallest absolute Gasteiger partial charge is 0.142 e. The lowest BCUT2D eigenvalue weighted by Crippen LogP contribution is -2.44. The molecule has 21 heavy (non-hydrogen) atoms. The van der Waals surface area contributed by atoms with E-state index in [9.17, 15) is 5.11 Å². The third-order valence-corrected chi connectivity index (χ3v) is 3.63.